The Morgan fingerprint density at radius 3 is 2.56 bits per heavy atom. The van der Waals surface area contributed by atoms with E-state index < -0.39 is 0 Å². The molecule has 1 amide bonds. The van der Waals surface area contributed by atoms with Gasteiger partial charge < -0.3 is 10.6 Å². The van der Waals surface area contributed by atoms with Crippen molar-refractivity contribution >= 4 is 17.4 Å². The van der Waals surface area contributed by atoms with Gasteiger partial charge in [-0.1, -0.05) is 35.9 Å². The smallest absolute Gasteiger partial charge is 0.271 e. The third kappa shape index (κ3) is 4.60. The number of anilines is 2. The summed E-state index contributed by atoms with van der Waals surface area (Å²) >= 11 is 0. The van der Waals surface area contributed by atoms with Crippen LogP contribution in [0.15, 0.2) is 60.9 Å². The van der Waals surface area contributed by atoms with Gasteiger partial charge in [0.1, 0.15) is 17.3 Å². The number of hydrogen-bond acceptors (Lipinski definition) is 4. The highest BCUT2D eigenvalue weighted by Crippen LogP contribution is 2.14. The van der Waals surface area contributed by atoms with E-state index in [1.807, 2.05) is 31.2 Å². The van der Waals surface area contributed by atoms with E-state index in [2.05, 4.69) is 20.6 Å². The van der Waals surface area contributed by atoms with Gasteiger partial charge in [0, 0.05) is 12.2 Å². The normalized spacial score (nSPS) is 10.3. The Bertz CT molecular complexity index is 863. The number of hydrogen-bond donors (Lipinski definition) is 2. The van der Waals surface area contributed by atoms with Gasteiger partial charge in [0.2, 0.25) is 0 Å². The summed E-state index contributed by atoms with van der Waals surface area (Å²) in [5.74, 6) is -0.212. The van der Waals surface area contributed by atoms with Crippen LogP contribution in [0, 0.1) is 12.7 Å². The molecular weight excluding hydrogens is 319 g/mol. The van der Waals surface area contributed by atoms with Crippen molar-refractivity contribution in [3.8, 4) is 0 Å². The lowest BCUT2D eigenvalue weighted by Gasteiger charge is -2.07. The first kappa shape index (κ1) is 16.6. The molecule has 3 aromatic rings. The maximum absolute atomic E-state index is 13.2. The highest BCUT2D eigenvalue weighted by molar-refractivity contribution is 5.92. The third-order valence-corrected chi connectivity index (χ3v) is 3.56. The quantitative estimate of drug-likeness (QED) is 0.747. The molecule has 2 N–H and O–H groups in total. The molecular formula is C19H17FN4O. The fourth-order valence-corrected chi connectivity index (χ4v) is 2.20. The number of aromatic nitrogens is 2. The van der Waals surface area contributed by atoms with Gasteiger partial charge in [-0.2, -0.15) is 0 Å². The van der Waals surface area contributed by atoms with Crippen molar-refractivity contribution < 1.29 is 9.18 Å². The van der Waals surface area contributed by atoms with Gasteiger partial charge in [0.25, 0.3) is 5.91 Å². The van der Waals surface area contributed by atoms with Gasteiger partial charge >= 0.3 is 0 Å². The van der Waals surface area contributed by atoms with E-state index in [0.717, 1.165) is 5.56 Å². The Balaban J connectivity index is 1.59. The SMILES string of the molecule is Cc1ccc(CNC(=O)c2cnc(Nc3cccc(F)c3)cn2)cc1. The number of nitrogens with zero attached hydrogens (tertiary/aromatic N) is 2. The molecule has 0 aliphatic rings. The average molecular weight is 336 g/mol. The zero-order valence-corrected chi connectivity index (χ0v) is 13.7. The van der Waals surface area contributed by atoms with Crippen LogP contribution in [-0.4, -0.2) is 15.9 Å². The van der Waals surface area contributed by atoms with E-state index in [1.54, 1.807) is 12.1 Å². The van der Waals surface area contributed by atoms with Gasteiger partial charge in [-0.05, 0) is 30.7 Å². The maximum Gasteiger partial charge on any atom is 0.271 e. The lowest BCUT2D eigenvalue weighted by molar-refractivity contribution is 0.0945. The van der Waals surface area contributed by atoms with Gasteiger partial charge in [0.05, 0.1) is 12.4 Å². The lowest BCUT2D eigenvalue weighted by atomic mass is 10.1. The minimum atomic E-state index is -0.343. The predicted molar refractivity (Wildman–Crippen MR) is 94.1 cm³/mol. The first-order chi connectivity index (χ1) is 12.1. The summed E-state index contributed by atoms with van der Waals surface area (Å²) in [6.45, 7) is 2.43. The second kappa shape index (κ2) is 7.53. The zero-order valence-electron chi connectivity index (χ0n) is 13.7. The Hall–Kier alpha value is -3.28. The van der Waals surface area contributed by atoms with Crippen LogP contribution in [0.1, 0.15) is 21.6 Å². The van der Waals surface area contributed by atoms with Crippen molar-refractivity contribution in [2.45, 2.75) is 13.5 Å². The molecule has 3 rings (SSSR count). The van der Waals surface area contributed by atoms with Gasteiger partial charge in [-0.25, -0.2) is 14.4 Å². The molecule has 0 aliphatic carbocycles. The molecule has 0 unspecified atom stereocenters. The molecule has 0 bridgehead atoms. The topological polar surface area (TPSA) is 66.9 Å². The predicted octanol–water partition coefficient (Wildman–Crippen LogP) is 3.60. The monoisotopic (exact) mass is 336 g/mol. The van der Waals surface area contributed by atoms with Crippen LogP contribution < -0.4 is 10.6 Å². The number of amides is 1. The average Bonchev–Trinajstić information content (AvgIpc) is 2.62. The summed E-state index contributed by atoms with van der Waals surface area (Å²) in [6.07, 6.45) is 2.82. The summed E-state index contributed by atoms with van der Waals surface area (Å²) in [5, 5.41) is 5.73. The molecule has 0 aliphatic heterocycles. The van der Waals surface area contributed by atoms with Crippen LogP contribution in [0.3, 0.4) is 0 Å². The van der Waals surface area contributed by atoms with Crippen molar-refractivity contribution in [1.29, 1.82) is 0 Å². The van der Waals surface area contributed by atoms with Gasteiger partial charge in [0.15, 0.2) is 0 Å². The van der Waals surface area contributed by atoms with E-state index in [-0.39, 0.29) is 17.4 Å². The van der Waals surface area contributed by atoms with Crippen molar-refractivity contribution in [3.05, 3.63) is 83.6 Å². The third-order valence-electron chi connectivity index (χ3n) is 3.56. The first-order valence-corrected chi connectivity index (χ1v) is 7.78. The van der Waals surface area contributed by atoms with Crippen molar-refractivity contribution in [2.75, 3.05) is 5.32 Å². The van der Waals surface area contributed by atoms with Gasteiger partial charge in [-0.15, -0.1) is 0 Å². The second-order valence-electron chi connectivity index (χ2n) is 5.59. The first-order valence-electron chi connectivity index (χ1n) is 7.78. The zero-order chi connectivity index (χ0) is 17.6. The largest absolute Gasteiger partial charge is 0.347 e. The molecule has 5 nitrogen and oxygen atoms in total. The molecule has 0 radical (unpaired) electrons. The maximum atomic E-state index is 13.2. The van der Waals surface area contributed by atoms with Crippen LogP contribution >= 0.6 is 0 Å². The molecule has 0 saturated heterocycles. The molecule has 0 atom stereocenters. The summed E-state index contributed by atoms with van der Waals surface area (Å²) in [4.78, 5) is 20.3. The van der Waals surface area contributed by atoms with Crippen LogP contribution in [0.5, 0.6) is 0 Å². The number of carbonyl (C=O) groups is 1. The molecule has 0 saturated carbocycles. The Kier molecular flexibility index (Phi) is 4.99. The molecule has 1 heterocycles. The Morgan fingerprint density at radius 2 is 1.88 bits per heavy atom. The summed E-state index contributed by atoms with van der Waals surface area (Å²) in [7, 11) is 0. The van der Waals surface area contributed by atoms with Crippen LogP contribution in [0.4, 0.5) is 15.9 Å². The van der Waals surface area contributed by atoms with E-state index in [0.29, 0.717) is 18.1 Å². The fraction of sp³-hybridized carbons (Fsp3) is 0.105. The highest BCUT2D eigenvalue weighted by Gasteiger charge is 2.08. The van der Waals surface area contributed by atoms with Crippen LogP contribution in [0.25, 0.3) is 0 Å². The van der Waals surface area contributed by atoms with Gasteiger partial charge in [-0.3, -0.25) is 4.79 Å². The number of aryl methyl sites for hydroxylation is 1. The Labute approximate surface area is 145 Å². The van der Waals surface area contributed by atoms with Crippen molar-refractivity contribution in [2.24, 2.45) is 0 Å². The number of halogens is 1. The van der Waals surface area contributed by atoms with Crippen LogP contribution in [0.2, 0.25) is 0 Å². The van der Waals surface area contributed by atoms with Crippen molar-refractivity contribution in [1.82, 2.24) is 15.3 Å². The number of rotatable bonds is 5. The number of nitrogens with one attached hydrogen (secondary N) is 2. The molecule has 25 heavy (non-hydrogen) atoms. The summed E-state index contributed by atoms with van der Waals surface area (Å²) < 4.78 is 13.2. The minimum absolute atomic E-state index is 0.219. The summed E-state index contributed by atoms with van der Waals surface area (Å²) in [6, 6.07) is 13.9. The Morgan fingerprint density at radius 1 is 1.08 bits per heavy atom. The number of carbonyl (C=O) groups excluding carboxylic acids is 1. The van der Waals surface area contributed by atoms with Crippen LogP contribution in [-0.2, 0) is 6.54 Å². The second-order valence-corrected chi connectivity index (χ2v) is 5.59. The van der Waals surface area contributed by atoms with E-state index in [9.17, 15) is 9.18 Å². The molecule has 1 aromatic heterocycles. The van der Waals surface area contributed by atoms with Crippen molar-refractivity contribution in [3.63, 3.8) is 0 Å². The minimum Gasteiger partial charge on any atom is -0.347 e. The highest BCUT2D eigenvalue weighted by atomic mass is 19.1. The van der Waals surface area contributed by atoms with E-state index >= 15 is 0 Å². The lowest BCUT2D eigenvalue weighted by Crippen LogP contribution is -2.24. The summed E-state index contributed by atoms with van der Waals surface area (Å²) in [5.41, 5.74) is 2.96. The molecule has 2 aromatic carbocycles. The standard InChI is InChI=1S/C19H17FN4O/c1-13-5-7-14(8-6-13)10-23-19(25)17-11-22-18(12-21-17)24-16-4-2-3-15(20)9-16/h2-9,11-12H,10H2,1H3,(H,22,24)(H,23,25). The molecule has 126 valence electrons. The molecule has 0 spiro atoms. The molecule has 0 fully saturated rings. The fourth-order valence-electron chi connectivity index (χ4n) is 2.20. The van der Waals surface area contributed by atoms with E-state index in [1.165, 1.54) is 30.1 Å². The number of benzene rings is 2. The van der Waals surface area contributed by atoms with E-state index in [4.69, 9.17) is 0 Å². The molecule has 6 heteroatoms.